The molecule has 5 heteroatoms. The minimum atomic E-state index is 0.790. The first-order valence-electron chi connectivity index (χ1n) is 5.80. The lowest BCUT2D eigenvalue weighted by Crippen LogP contribution is -2.21. The average molecular weight is 309 g/mol. The molecule has 18 heavy (non-hydrogen) atoms. The molecule has 0 spiro atoms. The van der Waals surface area contributed by atoms with Crippen LogP contribution in [0.5, 0.6) is 0 Å². The van der Waals surface area contributed by atoms with Crippen LogP contribution >= 0.6 is 15.9 Å². The van der Waals surface area contributed by atoms with Gasteiger partial charge < -0.3 is 10.6 Å². The molecule has 0 saturated heterocycles. The number of aryl methyl sites for hydroxylation is 1. The summed E-state index contributed by atoms with van der Waals surface area (Å²) in [6.07, 6.45) is 4.90. The second-order valence-electron chi connectivity index (χ2n) is 4.40. The van der Waals surface area contributed by atoms with Crippen molar-refractivity contribution in [2.24, 2.45) is 7.05 Å². The predicted octanol–water partition coefficient (Wildman–Crippen LogP) is 2.44. The summed E-state index contributed by atoms with van der Waals surface area (Å²) in [7, 11) is 3.98. The van der Waals surface area contributed by atoms with E-state index in [1.807, 2.05) is 42.3 Å². The Morgan fingerprint density at radius 3 is 2.83 bits per heavy atom. The fourth-order valence-corrected chi connectivity index (χ4v) is 2.27. The van der Waals surface area contributed by atoms with Gasteiger partial charge >= 0.3 is 0 Å². The molecule has 1 aromatic heterocycles. The molecule has 0 aliphatic carbocycles. The van der Waals surface area contributed by atoms with Crippen LogP contribution in [-0.2, 0) is 13.5 Å². The molecular weight excluding hydrogens is 292 g/mol. The summed E-state index contributed by atoms with van der Waals surface area (Å²) >= 11 is 3.41. The summed E-state index contributed by atoms with van der Waals surface area (Å²) in [4.78, 5) is 2.16. The molecule has 0 radical (unpaired) electrons. The molecule has 1 heterocycles. The van der Waals surface area contributed by atoms with Crippen LogP contribution in [0.3, 0.4) is 0 Å². The Hall–Kier alpha value is -1.49. The van der Waals surface area contributed by atoms with Crippen molar-refractivity contribution in [1.82, 2.24) is 9.78 Å². The monoisotopic (exact) mass is 308 g/mol. The van der Waals surface area contributed by atoms with Crippen LogP contribution in [0, 0.1) is 0 Å². The third-order valence-electron chi connectivity index (χ3n) is 2.90. The van der Waals surface area contributed by atoms with Gasteiger partial charge in [0.05, 0.1) is 17.6 Å². The lowest BCUT2D eigenvalue weighted by atomic mass is 10.2. The number of halogens is 1. The van der Waals surface area contributed by atoms with Crippen LogP contribution in [0.25, 0.3) is 0 Å². The van der Waals surface area contributed by atoms with Crippen LogP contribution in [0.15, 0.2) is 35.1 Å². The maximum Gasteiger partial charge on any atom is 0.0598 e. The SMILES string of the molecule is CN(CCc1cnn(C)c1)c1ccc(Br)cc1N. The summed E-state index contributed by atoms with van der Waals surface area (Å²) < 4.78 is 2.83. The van der Waals surface area contributed by atoms with Crippen molar-refractivity contribution in [3.05, 3.63) is 40.6 Å². The average Bonchev–Trinajstić information content (AvgIpc) is 2.72. The zero-order valence-electron chi connectivity index (χ0n) is 10.6. The van der Waals surface area contributed by atoms with Crippen molar-refractivity contribution >= 4 is 27.3 Å². The normalized spacial score (nSPS) is 10.6. The molecule has 0 aliphatic heterocycles. The van der Waals surface area contributed by atoms with Crippen molar-refractivity contribution < 1.29 is 0 Å². The molecule has 0 aliphatic rings. The van der Waals surface area contributed by atoms with Crippen molar-refractivity contribution in [2.75, 3.05) is 24.2 Å². The Labute approximate surface area is 116 Å². The Balaban J connectivity index is 2.01. The Morgan fingerprint density at radius 2 is 2.22 bits per heavy atom. The van der Waals surface area contributed by atoms with Gasteiger partial charge in [-0.25, -0.2) is 0 Å². The molecule has 96 valence electrons. The molecule has 0 fully saturated rings. The Kier molecular flexibility index (Phi) is 3.91. The molecule has 4 nitrogen and oxygen atoms in total. The highest BCUT2D eigenvalue weighted by atomic mass is 79.9. The first-order chi connectivity index (χ1) is 8.56. The molecule has 2 N–H and O–H groups in total. The van der Waals surface area contributed by atoms with Gasteiger partial charge in [-0.05, 0) is 30.2 Å². The number of hydrogen-bond donors (Lipinski definition) is 1. The summed E-state index contributed by atoms with van der Waals surface area (Å²) in [5.41, 5.74) is 9.09. The second-order valence-corrected chi connectivity index (χ2v) is 5.31. The third kappa shape index (κ3) is 3.04. The van der Waals surface area contributed by atoms with E-state index in [1.165, 1.54) is 5.56 Å². The lowest BCUT2D eigenvalue weighted by molar-refractivity contribution is 0.766. The zero-order chi connectivity index (χ0) is 13.1. The van der Waals surface area contributed by atoms with E-state index in [4.69, 9.17) is 5.73 Å². The number of benzene rings is 1. The van der Waals surface area contributed by atoms with Gasteiger partial charge in [0.1, 0.15) is 0 Å². The third-order valence-corrected chi connectivity index (χ3v) is 3.39. The number of nitrogens with two attached hydrogens (primary N) is 1. The molecular formula is C13H17BrN4. The summed E-state index contributed by atoms with van der Waals surface area (Å²) in [6.45, 7) is 0.914. The topological polar surface area (TPSA) is 47.1 Å². The van der Waals surface area contributed by atoms with E-state index in [9.17, 15) is 0 Å². The highest BCUT2D eigenvalue weighted by Crippen LogP contribution is 2.25. The minimum absolute atomic E-state index is 0.790. The van der Waals surface area contributed by atoms with Crippen LogP contribution in [0.4, 0.5) is 11.4 Å². The fraction of sp³-hybridized carbons (Fsp3) is 0.308. The number of likely N-dealkylation sites (N-methyl/N-ethyl adjacent to an activating group) is 1. The molecule has 2 rings (SSSR count). The minimum Gasteiger partial charge on any atom is -0.397 e. The number of nitrogens with zero attached hydrogens (tertiary/aromatic N) is 3. The molecule has 2 aromatic rings. The largest absolute Gasteiger partial charge is 0.397 e. The molecule has 0 bridgehead atoms. The van der Waals surface area contributed by atoms with Gasteiger partial charge in [-0.15, -0.1) is 0 Å². The maximum atomic E-state index is 6.01. The highest BCUT2D eigenvalue weighted by molar-refractivity contribution is 9.10. The molecule has 0 unspecified atom stereocenters. The van der Waals surface area contributed by atoms with Crippen LogP contribution < -0.4 is 10.6 Å². The first-order valence-corrected chi connectivity index (χ1v) is 6.59. The summed E-state index contributed by atoms with van der Waals surface area (Å²) in [5.74, 6) is 0. The predicted molar refractivity (Wildman–Crippen MR) is 78.7 cm³/mol. The maximum absolute atomic E-state index is 6.01. The van der Waals surface area contributed by atoms with Gasteiger partial charge in [0.2, 0.25) is 0 Å². The number of nitrogen functional groups attached to an aromatic ring is 1. The zero-order valence-corrected chi connectivity index (χ0v) is 12.2. The smallest absolute Gasteiger partial charge is 0.0598 e. The van der Waals surface area contributed by atoms with Gasteiger partial charge in [0.15, 0.2) is 0 Å². The molecule has 0 atom stereocenters. The second kappa shape index (κ2) is 5.44. The van der Waals surface area contributed by atoms with E-state index >= 15 is 0 Å². The van der Waals surface area contributed by atoms with Crippen LogP contribution in [-0.4, -0.2) is 23.4 Å². The van der Waals surface area contributed by atoms with Crippen molar-refractivity contribution in [2.45, 2.75) is 6.42 Å². The number of aromatic nitrogens is 2. The summed E-state index contributed by atoms with van der Waals surface area (Å²) in [5, 5.41) is 4.16. The van der Waals surface area contributed by atoms with Crippen molar-refractivity contribution in [1.29, 1.82) is 0 Å². The lowest BCUT2D eigenvalue weighted by Gasteiger charge is -2.20. The van der Waals surface area contributed by atoms with Crippen LogP contribution in [0.1, 0.15) is 5.56 Å². The van der Waals surface area contributed by atoms with Gasteiger partial charge in [-0.3, -0.25) is 4.68 Å². The van der Waals surface area contributed by atoms with Crippen LogP contribution in [0.2, 0.25) is 0 Å². The van der Waals surface area contributed by atoms with Gasteiger partial charge in [-0.1, -0.05) is 15.9 Å². The number of hydrogen-bond acceptors (Lipinski definition) is 3. The van der Waals surface area contributed by atoms with E-state index in [-0.39, 0.29) is 0 Å². The van der Waals surface area contributed by atoms with E-state index in [0.29, 0.717) is 0 Å². The Bertz CT molecular complexity index is 536. The Morgan fingerprint density at radius 1 is 1.44 bits per heavy atom. The number of rotatable bonds is 4. The molecule has 0 amide bonds. The van der Waals surface area contributed by atoms with E-state index < -0.39 is 0 Å². The van der Waals surface area contributed by atoms with Crippen molar-refractivity contribution in [3.8, 4) is 0 Å². The van der Waals surface area contributed by atoms with Gasteiger partial charge in [-0.2, -0.15) is 5.10 Å². The fourth-order valence-electron chi connectivity index (χ4n) is 1.89. The van der Waals surface area contributed by atoms with E-state index in [1.54, 1.807) is 0 Å². The number of anilines is 2. The first kappa shape index (κ1) is 13.0. The van der Waals surface area contributed by atoms with Gasteiger partial charge in [0.25, 0.3) is 0 Å². The molecule has 0 saturated carbocycles. The quantitative estimate of drug-likeness (QED) is 0.883. The van der Waals surface area contributed by atoms with Gasteiger partial charge in [0, 0.05) is 31.3 Å². The van der Waals surface area contributed by atoms with E-state index in [2.05, 4.69) is 33.0 Å². The molecule has 1 aromatic carbocycles. The standard InChI is InChI=1S/C13H17BrN4/c1-17(6-5-10-8-16-18(2)9-10)13-4-3-11(14)7-12(13)15/h3-4,7-9H,5-6,15H2,1-2H3. The summed E-state index contributed by atoms with van der Waals surface area (Å²) in [6, 6.07) is 5.96. The van der Waals surface area contributed by atoms with Crippen molar-refractivity contribution in [3.63, 3.8) is 0 Å². The van der Waals surface area contributed by atoms with E-state index in [0.717, 1.165) is 28.8 Å². The highest BCUT2D eigenvalue weighted by Gasteiger charge is 2.06.